The third-order valence-corrected chi connectivity index (χ3v) is 3.54. The summed E-state index contributed by atoms with van der Waals surface area (Å²) in [4.78, 5) is 26.1. The van der Waals surface area contributed by atoms with Gasteiger partial charge in [0.25, 0.3) is 5.91 Å². The van der Waals surface area contributed by atoms with Crippen molar-refractivity contribution in [2.75, 3.05) is 14.1 Å². The SMILES string of the molecule is C[C@H](NC(=O)c1ccco1)C(=O)NCc1ccccc1CN(C)C. The summed E-state index contributed by atoms with van der Waals surface area (Å²) in [6.45, 7) is 2.86. The number of nitrogens with one attached hydrogen (secondary N) is 2. The largest absolute Gasteiger partial charge is 0.459 e. The predicted molar refractivity (Wildman–Crippen MR) is 91.3 cm³/mol. The second kappa shape index (κ2) is 8.31. The van der Waals surface area contributed by atoms with Gasteiger partial charge in [-0.05, 0) is 44.3 Å². The second-order valence-electron chi connectivity index (χ2n) is 5.90. The molecule has 0 aliphatic rings. The lowest BCUT2D eigenvalue weighted by Crippen LogP contribution is -2.44. The molecule has 0 radical (unpaired) electrons. The standard InChI is InChI=1S/C18H23N3O3/c1-13(20-18(23)16-9-6-10-24-16)17(22)19-11-14-7-4-5-8-15(14)12-21(2)3/h4-10,13H,11-12H2,1-3H3,(H,19,22)(H,20,23)/t13-/m0/s1. The summed E-state index contributed by atoms with van der Waals surface area (Å²) in [5.41, 5.74) is 2.22. The van der Waals surface area contributed by atoms with Crippen molar-refractivity contribution in [2.45, 2.75) is 26.1 Å². The highest BCUT2D eigenvalue weighted by molar-refractivity contribution is 5.95. The Morgan fingerprint density at radius 3 is 2.46 bits per heavy atom. The molecule has 0 unspecified atom stereocenters. The van der Waals surface area contributed by atoms with E-state index in [1.807, 2.05) is 38.4 Å². The van der Waals surface area contributed by atoms with Gasteiger partial charge in [-0.3, -0.25) is 9.59 Å². The first kappa shape index (κ1) is 17.7. The third-order valence-electron chi connectivity index (χ3n) is 3.54. The normalized spacial score (nSPS) is 12.0. The van der Waals surface area contributed by atoms with Gasteiger partial charge in [-0.1, -0.05) is 24.3 Å². The maximum Gasteiger partial charge on any atom is 0.287 e. The van der Waals surface area contributed by atoms with E-state index in [4.69, 9.17) is 4.42 Å². The van der Waals surface area contributed by atoms with E-state index in [0.717, 1.165) is 17.7 Å². The Morgan fingerprint density at radius 1 is 1.12 bits per heavy atom. The van der Waals surface area contributed by atoms with Crippen LogP contribution < -0.4 is 10.6 Å². The van der Waals surface area contributed by atoms with Crippen LogP contribution in [0.25, 0.3) is 0 Å². The van der Waals surface area contributed by atoms with Gasteiger partial charge >= 0.3 is 0 Å². The summed E-state index contributed by atoms with van der Waals surface area (Å²) >= 11 is 0. The lowest BCUT2D eigenvalue weighted by atomic mass is 10.1. The monoisotopic (exact) mass is 329 g/mol. The van der Waals surface area contributed by atoms with Crippen molar-refractivity contribution < 1.29 is 14.0 Å². The van der Waals surface area contributed by atoms with Crippen LogP contribution in [0.5, 0.6) is 0 Å². The van der Waals surface area contributed by atoms with Gasteiger partial charge in [0.05, 0.1) is 6.26 Å². The zero-order valence-corrected chi connectivity index (χ0v) is 14.2. The highest BCUT2D eigenvalue weighted by Crippen LogP contribution is 2.10. The summed E-state index contributed by atoms with van der Waals surface area (Å²) in [7, 11) is 4.00. The summed E-state index contributed by atoms with van der Waals surface area (Å²) in [6, 6.07) is 10.5. The number of amides is 2. The summed E-state index contributed by atoms with van der Waals surface area (Å²) in [5.74, 6) is -0.462. The van der Waals surface area contributed by atoms with E-state index in [1.165, 1.54) is 6.26 Å². The zero-order valence-electron chi connectivity index (χ0n) is 14.2. The molecular formula is C18H23N3O3. The van der Waals surface area contributed by atoms with Crippen LogP contribution in [0.4, 0.5) is 0 Å². The molecular weight excluding hydrogens is 306 g/mol. The molecule has 24 heavy (non-hydrogen) atoms. The molecule has 128 valence electrons. The van der Waals surface area contributed by atoms with Crippen molar-refractivity contribution in [1.82, 2.24) is 15.5 Å². The number of hydrogen-bond acceptors (Lipinski definition) is 4. The van der Waals surface area contributed by atoms with Crippen molar-refractivity contribution in [3.63, 3.8) is 0 Å². The Hall–Kier alpha value is -2.60. The van der Waals surface area contributed by atoms with Gasteiger partial charge in [-0.2, -0.15) is 0 Å². The summed E-state index contributed by atoms with van der Waals surface area (Å²) in [6.07, 6.45) is 1.42. The molecule has 2 amide bonds. The van der Waals surface area contributed by atoms with Crippen molar-refractivity contribution in [3.8, 4) is 0 Å². The molecule has 0 spiro atoms. The Balaban J connectivity index is 1.90. The van der Waals surface area contributed by atoms with Crippen LogP contribution in [0.2, 0.25) is 0 Å². The van der Waals surface area contributed by atoms with Crippen LogP contribution in [-0.2, 0) is 17.9 Å². The maximum absolute atomic E-state index is 12.2. The van der Waals surface area contributed by atoms with Gasteiger partial charge in [0.15, 0.2) is 5.76 Å². The van der Waals surface area contributed by atoms with E-state index in [-0.39, 0.29) is 11.7 Å². The molecule has 2 rings (SSSR count). The molecule has 0 saturated carbocycles. The highest BCUT2D eigenvalue weighted by atomic mass is 16.3. The van der Waals surface area contributed by atoms with Gasteiger partial charge in [0.1, 0.15) is 6.04 Å². The predicted octanol–water partition coefficient (Wildman–Crippen LogP) is 1.78. The van der Waals surface area contributed by atoms with Crippen molar-refractivity contribution >= 4 is 11.8 Å². The number of benzene rings is 1. The van der Waals surface area contributed by atoms with E-state index in [2.05, 4.69) is 15.5 Å². The molecule has 1 heterocycles. The third kappa shape index (κ3) is 4.96. The van der Waals surface area contributed by atoms with E-state index < -0.39 is 11.9 Å². The van der Waals surface area contributed by atoms with Gasteiger partial charge in [-0.15, -0.1) is 0 Å². The Kier molecular flexibility index (Phi) is 6.14. The average Bonchev–Trinajstić information content (AvgIpc) is 3.07. The molecule has 2 aromatic rings. The lowest BCUT2D eigenvalue weighted by molar-refractivity contribution is -0.122. The molecule has 0 aliphatic carbocycles. The molecule has 0 aliphatic heterocycles. The van der Waals surface area contributed by atoms with E-state index in [0.29, 0.717) is 6.54 Å². The van der Waals surface area contributed by atoms with E-state index >= 15 is 0 Å². The molecule has 0 saturated heterocycles. The highest BCUT2D eigenvalue weighted by Gasteiger charge is 2.18. The first-order valence-corrected chi connectivity index (χ1v) is 7.81. The molecule has 1 atom stereocenters. The molecule has 1 aromatic heterocycles. The van der Waals surface area contributed by atoms with Gasteiger partial charge in [-0.25, -0.2) is 0 Å². The van der Waals surface area contributed by atoms with Crippen LogP contribution in [0.1, 0.15) is 28.6 Å². The zero-order chi connectivity index (χ0) is 17.5. The number of furan rings is 1. The number of hydrogen-bond donors (Lipinski definition) is 2. The van der Waals surface area contributed by atoms with E-state index in [9.17, 15) is 9.59 Å². The van der Waals surface area contributed by atoms with Crippen LogP contribution in [0.15, 0.2) is 47.1 Å². The van der Waals surface area contributed by atoms with Crippen LogP contribution >= 0.6 is 0 Å². The topological polar surface area (TPSA) is 74.6 Å². The Labute approximate surface area is 141 Å². The number of carbonyl (C=O) groups excluding carboxylic acids is 2. The number of rotatable bonds is 7. The number of nitrogens with zero attached hydrogens (tertiary/aromatic N) is 1. The van der Waals surface area contributed by atoms with Crippen molar-refractivity contribution in [1.29, 1.82) is 0 Å². The second-order valence-corrected chi connectivity index (χ2v) is 5.90. The fourth-order valence-electron chi connectivity index (χ4n) is 2.30. The maximum atomic E-state index is 12.2. The van der Waals surface area contributed by atoms with Crippen molar-refractivity contribution in [3.05, 3.63) is 59.5 Å². The molecule has 1 aromatic carbocycles. The van der Waals surface area contributed by atoms with Crippen molar-refractivity contribution in [2.24, 2.45) is 0 Å². The first-order chi connectivity index (χ1) is 11.5. The summed E-state index contributed by atoms with van der Waals surface area (Å²) in [5, 5.41) is 5.47. The van der Waals surface area contributed by atoms with Crippen LogP contribution in [0, 0.1) is 0 Å². The minimum Gasteiger partial charge on any atom is -0.459 e. The Morgan fingerprint density at radius 2 is 1.83 bits per heavy atom. The van der Waals surface area contributed by atoms with Crippen LogP contribution in [-0.4, -0.2) is 36.9 Å². The summed E-state index contributed by atoms with van der Waals surface area (Å²) < 4.78 is 5.01. The molecule has 0 fully saturated rings. The van der Waals surface area contributed by atoms with Gasteiger partial charge < -0.3 is 20.0 Å². The molecule has 2 N–H and O–H groups in total. The minimum atomic E-state index is -0.649. The molecule has 6 heteroatoms. The molecule has 6 nitrogen and oxygen atoms in total. The quantitative estimate of drug-likeness (QED) is 0.812. The number of carbonyl (C=O) groups is 2. The van der Waals surface area contributed by atoms with Gasteiger partial charge in [0.2, 0.25) is 5.91 Å². The minimum absolute atomic E-state index is 0.186. The van der Waals surface area contributed by atoms with Gasteiger partial charge in [0, 0.05) is 13.1 Å². The molecule has 0 bridgehead atoms. The van der Waals surface area contributed by atoms with Crippen LogP contribution in [0.3, 0.4) is 0 Å². The van der Waals surface area contributed by atoms with E-state index in [1.54, 1.807) is 19.1 Å². The smallest absolute Gasteiger partial charge is 0.287 e. The lowest BCUT2D eigenvalue weighted by Gasteiger charge is -2.16. The fraction of sp³-hybridized carbons (Fsp3) is 0.333. The first-order valence-electron chi connectivity index (χ1n) is 7.81. The Bertz CT molecular complexity index is 681. The fourth-order valence-corrected chi connectivity index (χ4v) is 2.30. The average molecular weight is 329 g/mol.